The van der Waals surface area contributed by atoms with Gasteiger partial charge >= 0.3 is 0 Å². The smallest absolute Gasteiger partial charge is 0.0714 e. The second-order valence-corrected chi connectivity index (χ2v) is 16.4. The summed E-state index contributed by atoms with van der Waals surface area (Å²) in [4.78, 5) is 2.47. The third kappa shape index (κ3) is 5.59. The molecule has 2 bridgehead atoms. The zero-order valence-corrected chi connectivity index (χ0v) is 32.1. The van der Waals surface area contributed by atoms with E-state index in [1.807, 2.05) is 0 Å². The molecule has 0 amide bonds. The van der Waals surface area contributed by atoms with Gasteiger partial charge in [-0.2, -0.15) is 0 Å². The minimum atomic E-state index is -0.465. The third-order valence-corrected chi connectivity index (χ3v) is 13.5. The molecule has 3 unspecified atom stereocenters. The van der Waals surface area contributed by atoms with Crippen molar-refractivity contribution in [3.8, 4) is 33.4 Å². The van der Waals surface area contributed by atoms with Crippen molar-refractivity contribution in [1.29, 1.82) is 0 Å². The fraction of sp³-hybridized carbons (Fsp3) is 0.143. The maximum Gasteiger partial charge on any atom is 0.0714 e. The number of hydrogen-bond donors (Lipinski definition) is 0. The van der Waals surface area contributed by atoms with E-state index in [1.165, 1.54) is 92.6 Å². The van der Waals surface area contributed by atoms with Gasteiger partial charge in [0.1, 0.15) is 0 Å². The van der Waals surface area contributed by atoms with Crippen LogP contribution in [0.4, 0.5) is 17.1 Å². The van der Waals surface area contributed by atoms with Gasteiger partial charge in [-0.15, -0.1) is 0 Å². The largest absolute Gasteiger partial charge is 0.310 e. The maximum absolute atomic E-state index is 2.48. The molecular formula is C56H45N. The molecule has 1 nitrogen and oxygen atoms in total. The van der Waals surface area contributed by atoms with Crippen LogP contribution >= 0.6 is 0 Å². The van der Waals surface area contributed by atoms with E-state index >= 15 is 0 Å². The lowest BCUT2D eigenvalue weighted by atomic mass is 9.67. The topological polar surface area (TPSA) is 3.24 Å². The van der Waals surface area contributed by atoms with Crippen LogP contribution in [0.15, 0.2) is 206 Å². The molecule has 8 aromatic carbocycles. The third-order valence-electron chi connectivity index (χ3n) is 13.5. The van der Waals surface area contributed by atoms with Gasteiger partial charge in [0.05, 0.1) is 5.41 Å². The summed E-state index contributed by atoms with van der Waals surface area (Å²) in [6.45, 7) is 0. The highest BCUT2D eigenvalue weighted by Crippen LogP contribution is 2.57. The van der Waals surface area contributed by atoms with E-state index in [9.17, 15) is 0 Å². The van der Waals surface area contributed by atoms with Crippen molar-refractivity contribution in [1.82, 2.24) is 0 Å². The number of nitrogens with zero attached hydrogens (tertiary/aromatic N) is 1. The number of rotatable bonds is 8. The first-order valence-electron chi connectivity index (χ1n) is 20.8. The van der Waals surface area contributed by atoms with Crippen LogP contribution < -0.4 is 4.90 Å². The zero-order chi connectivity index (χ0) is 37.8. The van der Waals surface area contributed by atoms with E-state index in [-0.39, 0.29) is 0 Å². The monoisotopic (exact) mass is 731 g/mol. The second-order valence-electron chi connectivity index (χ2n) is 16.4. The van der Waals surface area contributed by atoms with Gasteiger partial charge in [0.25, 0.3) is 0 Å². The van der Waals surface area contributed by atoms with Gasteiger partial charge in [-0.1, -0.05) is 176 Å². The molecule has 2 saturated carbocycles. The lowest BCUT2D eigenvalue weighted by Gasteiger charge is -2.35. The van der Waals surface area contributed by atoms with E-state index in [0.717, 1.165) is 23.2 Å². The molecule has 2 fully saturated rings. The van der Waals surface area contributed by atoms with Crippen molar-refractivity contribution in [2.45, 2.75) is 37.0 Å². The van der Waals surface area contributed by atoms with Crippen molar-refractivity contribution in [3.05, 3.63) is 234 Å². The summed E-state index contributed by atoms with van der Waals surface area (Å²) in [6.07, 6.45) is 5.59. The fourth-order valence-corrected chi connectivity index (χ4v) is 10.9. The van der Waals surface area contributed by atoms with Crippen LogP contribution in [0.3, 0.4) is 0 Å². The van der Waals surface area contributed by atoms with Gasteiger partial charge < -0.3 is 4.90 Å². The Balaban J connectivity index is 1.08. The average Bonchev–Trinajstić information content (AvgIpc) is 4.01. The molecule has 0 aliphatic heterocycles. The summed E-state index contributed by atoms with van der Waals surface area (Å²) in [5, 5.41) is 0. The van der Waals surface area contributed by atoms with Gasteiger partial charge in [0.2, 0.25) is 0 Å². The lowest BCUT2D eigenvalue weighted by Crippen LogP contribution is -2.28. The Morgan fingerprint density at radius 1 is 0.386 bits per heavy atom. The zero-order valence-electron chi connectivity index (χ0n) is 32.1. The quantitative estimate of drug-likeness (QED) is 0.150. The van der Waals surface area contributed by atoms with Crippen molar-refractivity contribution in [2.24, 2.45) is 11.8 Å². The van der Waals surface area contributed by atoms with E-state index < -0.39 is 5.41 Å². The molecule has 0 spiro atoms. The van der Waals surface area contributed by atoms with E-state index in [2.05, 4.69) is 211 Å². The Hall–Kier alpha value is -6.44. The molecule has 0 aromatic heterocycles. The highest BCUT2D eigenvalue weighted by Gasteiger charge is 2.46. The maximum atomic E-state index is 2.48. The van der Waals surface area contributed by atoms with Crippen molar-refractivity contribution < 1.29 is 0 Å². The van der Waals surface area contributed by atoms with Crippen LogP contribution in [0.25, 0.3) is 33.4 Å². The number of hydrogen-bond acceptors (Lipinski definition) is 1. The Morgan fingerprint density at radius 2 is 0.895 bits per heavy atom. The van der Waals surface area contributed by atoms with Crippen LogP contribution in [0.5, 0.6) is 0 Å². The Morgan fingerprint density at radius 3 is 1.49 bits per heavy atom. The van der Waals surface area contributed by atoms with Crippen molar-refractivity contribution in [3.63, 3.8) is 0 Å². The lowest BCUT2D eigenvalue weighted by molar-refractivity contribution is 0.420. The fourth-order valence-electron chi connectivity index (χ4n) is 10.9. The van der Waals surface area contributed by atoms with Crippen molar-refractivity contribution in [2.75, 3.05) is 4.90 Å². The summed E-state index contributed by atoms with van der Waals surface area (Å²) in [7, 11) is 0. The van der Waals surface area contributed by atoms with Gasteiger partial charge in [0, 0.05) is 17.1 Å². The predicted octanol–water partition coefficient (Wildman–Crippen LogP) is 14.8. The standard InChI is InChI=1S/C56H45N/c1-4-14-40(15-5-1)49-20-10-11-21-50(49)41-26-30-46(31-27-41)57(47-32-28-42(29-33-47)53-37-39-24-25-43(53)36-39)48-34-35-52-51-22-12-13-23-54(51)56(55(52)38-48,44-16-6-2-7-17-44)45-18-8-3-9-19-45/h1-23,26-35,38-39,43,53H,24-25,36-37H2. The minimum Gasteiger partial charge on any atom is -0.310 e. The van der Waals surface area contributed by atoms with Gasteiger partial charge in [-0.3, -0.25) is 0 Å². The SMILES string of the molecule is c1ccc(-c2ccccc2-c2ccc(N(c3ccc(C4CC5CCC4C5)cc3)c3ccc4c(c3)C(c3ccccc3)(c3ccccc3)c3ccccc3-4)cc2)cc1. The van der Waals surface area contributed by atoms with Gasteiger partial charge in [-0.25, -0.2) is 0 Å². The summed E-state index contributed by atoms with van der Waals surface area (Å²) in [5.41, 5.74) is 17.2. The summed E-state index contributed by atoms with van der Waals surface area (Å²) in [5.74, 6) is 2.48. The summed E-state index contributed by atoms with van der Waals surface area (Å²) in [6, 6.07) is 76.8. The molecule has 11 rings (SSSR count). The molecule has 3 aliphatic carbocycles. The van der Waals surface area contributed by atoms with E-state index in [1.54, 1.807) is 0 Å². The average molecular weight is 732 g/mol. The Bertz CT molecular complexity index is 2640. The first-order valence-corrected chi connectivity index (χ1v) is 20.8. The Labute approximate surface area is 336 Å². The van der Waals surface area contributed by atoms with Crippen LogP contribution in [-0.2, 0) is 5.41 Å². The van der Waals surface area contributed by atoms with E-state index in [4.69, 9.17) is 0 Å². The molecule has 0 heterocycles. The molecule has 1 heteroatoms. The molecule has 274 valence electrons. The van der Waals surface area contributed by atoms with Gasteiger partial charge in [0.15, 0.2) is 0 Å². The van der Waals surface area contributed by atoms with Crippen LogP contribution in [0, 0.1) is 11.8 Å². The first kappa shape index (κ1) is 33.9. The molecule has 3 atom stereocenters. The Kier molecular flexibility index (Phi) is 8.28. The number of anilines is 3. The second kappa shape index (κ2) is 13.9. The van der Waals surface area contributed by atoms with Gasteiger partial charge in [-0.05, 0) is 135 Å². The van der Waals surface area contributed by atoms with Crippen molar-refractivity contribution >= 4 is 17.1 Å². The van der Waals surface area contributed by atoms with Crippen LogP contribution in [0.1, 0.15) is 59.4 Å². The molecule has 3 aliphatic rings. The summed E-state index contributed by atoms with van der Waals surface area (Å²) >= 11 is 0. The molecule has 0 N–H and O–H groups in total. The summed E-state index contributed by atoms with van der Waals surface area (Å²) < 4.78 is 0. The molecule has 0 radical (unpaired) electrons. The molecule has 57 heavy (non-hydrogen) atoms. The predicted molar refractivity (Wildman–Crippen MR) is 237 cm³/mol. The minimum absolute atomic E-state index is 0.465. The highest BCUT2D eigenvalue weighted by molar-refractivity contribution is 5.90. The molecule has 8 aromatic rings. The van der Waals surface area contributed by atoms with Crippen LogP contribution in [0.2, 0.25) is 0 Å². The normalized spacial score (nSPS) is 18.6. The molecule has 0 saturated heterocycles. The van der Waals surface area contributed by atoms with Crippen LogP contribution in [-0.4, -0.2) is 0 Å². The highest BCUT2D eigenvalue weighted by atomic mass is 15.1. The first-order chi connectivity index (χ1) is 28.3. The number of fused-ring (bicyclic) bond motifs is 5. The van der Waals surface area contributed by atoms with E-state index in [0.29, 0.717) is 5.92 Å². The number of benzene rings is 8. The molecular weight excluding hydrogens is 687 g/mol.